The van der Waals surface area contributed by atoms with Gasteiger partial charge in [-0.05, 0) is 30.3 Å². The number of pyridine rings is 1. The molecule has 0 bridgehead atoms. The lowest BCUT2D eigenvalue weighted by atomic mass is 10.1. The van der Waals surface area contributed by atoms with E-state index >= 15 is 0 Å². The summed E-state index contributed by atoms with van der Waals surface area (Å²) in [6.45, 7) is 1.47. The highest BCUT2D eigenvalue weighted by Crippen LogP contribution is 2.24. The Balaban J connectivity index is 1.49. The zero-order chi connectivity index (χ0) is 20.8. The van der Waals surface area contributed by atoms with E-state index in [2.05, 4.69) is 20.5 Å². The molecule has 1 fully saturated rings. The van der Waals surface area contributed by atoms with Crippen LogP contribution in [0.4, 0.5) is 13.2 Å². The number of alkyl halides is 2. The molecule has 3 aromatic heterocycles. The SMILES string of the molecule is O=c1n(Cc2ccc(-c3nnc(C(F)F)o3)cn2)c2cc(F)ccc2n1C1CNC1. The van der Waals surface area contributed by atoms with Crippen LogP contribution < -0.4 is 11.0 Å². The fourth-order valence-electron chi connectivity index (χ4n) is 3.46. The highest BCUT2D eigenvalue weighted by Gasteiger charge is 2.25. The van der Waals surface area contributed by atoms with E-state index in [0.29, 0.717) is 35.4 Å². The van der Waals surface area contributed by atoms with E-state index in [1.54, 1.807) is 22.8 Å². The Morgan fingerprint density at radius 2 is 2.00 bits per heavy atom. The van der Waals surface area contributed by atoms with Crippen molar-refractivity contribution >= 4 is 11.0 Å². The number of benzene rings is 1. The first-order chi connectivity index (χ1) is 14.5. The molecule has 1 N–H and O–H groups in total. The van der Waals surface area contributed by atoms with Crippen LogP contribution in [0.1, 0.15) is 24.1 Å². The highest BCUT2D eigenvalue weighted by molar-refractivity contribution is 5.76. The average Bonchev–Trinajstić information content (AvgIpc) is 3.28. The molecule has 1 aliphatic heterocycles. The maximum atomic E-state index is 13.9. The van der Waals surface area contributed by atoms with Crippen LogP contribution in [0.3, 0.4) is 0 Å². The van der Waals surface area contributed by atoms with Crippen LogP contribution in [0.5, 0.6) is 0 Å². The Labute approximate surface area is 167 Å². The van der Waals surface area contributed by atoms with Crippen molar-refractivity contribution in [1.29, 1.82) is 0 Å². The number of hydrogen-bond donors (Lipinski definition) is 1. The lowest BCUT2D eigenvalue weighted by Crippen LogP contribution is -2.47. The van der Waals surface area contributed by atoms with E-state index in [0.717, 1.165) is 0 Å². The van der Waals surface area contributed by atoms with Gasteiger partial charge in [0, 0.05) is 19.3 Å². The fourth-order valence-corrected chi connectivity index (χ4v) is 3.46. The zero-order valence-electron chi connectivity index (χ0n) is 15.4. The van der Waals surface area contributed by atoms with Crippen molar-refractivity contribution < 1.29 is 17.6 Å². The molecule has 5 rings (SSSR count). The molecule has 4 heterocycles. The van der Waals surface area contributed by atoms with Gasteiger partial charge in [0.2, 0.25) is 5.89 Å². The Kier molecular flexibility index (Phi) is 4.39. The normalized spacial score (nSPS) is 14.5. The molecule has 1 saturated heterocycles. The Morgan fingerprint density at radius 3 is 2.63 bits per heavy atom. The maximum absolute atomic E-state index is 13.9. The van der Waals surface area contributed by atoms with Crippen molar-refractivity contribution in [2.75, 3.05) is 13.1 Å². The van der Waals surface area contributed by atoms with Crippen molar-refractivity contribution in [2.24, 2.45) is 0 Å². The van der Waals surface area contributed by atoms with Crippen molar-refractivity contribution in [2.45, 2.75) is 19.0 Å². The maximum Gasteiger partial charge on any atom is 0.329 e. The van der Waals surface area contributed by atoms with E-state index in [1.807, 2.05) is 0 Å². The minimum Gasteiger partial charge on any atom is -0.415 e. The highest BCUT2D eigenvalue weighted by atomic mass is 19.3. The first-order valence-corrected chi connectivity index (χ1v) is 9.19. The lowest BCUT2D eigenvalue weighted by molar-refractivity contribution is 0.116. The molecule has 4 aromatic rings. The molecule has 0 atom stereocenters. The van der Waals surface area contributed by atoms with E-state index in [-0.39, 0.29) is 24.2 Å². The van der Waals surface area contributed by atoms with Crippen LogP contribution in [0, 0.1) is 5.82 Å². The summed E-state index contributed by atoms with van der Waals surface area (Å²) in [5.74, 6) is -1.27. The van der Waals surface area contributed by atoms with Gasteiger partial charge in [-0.1, -0.05) is 0 Å². The predicted molar refractivity (Wildman–Crippen MR) is 99.7 cm³/mol. The summed E-state index contributed by atoms with van der Waals surface area (Å²) in [5, 5.41) is 10.00. The molecule has 11 heteroatoms. The summed E-state index contributed by atoms with van der Waals surface area (Å²) in [5.41, 5.74) is 1.81. The quantitative estimate of drug-likeness (QED) is 0.538. The molecule has 30 heavy (non-hydrogen) atoms. The van der Waals surface area contributed by atoms with E-state index in [4.69, 9.17) is 4.42 Å². The number of halogens is 3. The van der Waals surface area contributed by atoms with Gasteiger partial charge in [-0.25, -0.2) is 9.18 Å². The smallest absolute Gasteiger partial charge is 0.329 e. The summed E-state index contributed by atoms with van der Waals surface area (Å²) < 4.78 is 47.1. The Morgan fingerprint density at radius 1 is 1.17 bits per heavy atom. The molecule has 154 valence electrons. The van der Waals surface area contributed by atoms with Gasteiger partial charge in [-0.2, -0.15) is 8.78 Å². The minimum absolute atomic E-state index is 0.0172. The van der Waals surface area contributed by atoms with Crippen LogP contribution in [0.2, 0.25) is 0 Å². The lowest BCUT2D eigenvalue weighted by Gasteiger charge is -2.28. The van der Waals surface area contributed by atoms with Gasteiger partial charge in [-0.15, -0.1) is 10.2 Å². The zero-order valence-corrected chi connectivity index (χ0v) is 15.4. The molecule has 0 amide bonds. The first-order valence-electron chi connectivity index (χ1n) is 9.19. The molecule has 0 unspecified atom stereocenters. The van der Waals surface area contributed by atoms with Crippen LogP contribution >= 0.6 is 0 Å². The van der Waals surface area contributed by atoms with Crippen LogP contribution in [0.15, 0.2) is 45.7 Å². The Bertz CT molecular complexity index is 1270. The van der Waals surface area contributed by atoms with Gasteiger partial charge in [0.15, 0.2) is 0 Å². The largest absolute Gasteiger partial charge is 0.415 e. The molecular formula is C19H15F3N6O2. The number of nitrogens with zero attached hydrogens (tertiary/aromatic N) is 5. The van der Waals surface area contributed by atoms with Crippen LogP contribution in [0.25, 0.3) is 22.5 Å². The predicted octanol–water partition coefficient (Wildman–Crippen LogP) is 2.52. The third kappa shape index (κ3) is 3.07. The topological polar surface area (TPSA) is 90.8 Å². The third-order valence-corrected chi connectivity index (χ3v) is 5.07. The van der Waals surface area contributed by atoms with Crippen LogP contribution in [-0.4, -0.2) is 37.4 Å². The molecule has 8 nitrogen and oxygen atoms in total. The van der Waals surface area contributed by atoms with Gasteiger partial charge in [0.25, 0.3) is 5.89 Å². The monoisotopic (exact) mass is 416 g/mol. The molecular weight excluding hydrogens is 401 g/mol. The van der Waals surface area contributed by atoms with Gasteiger partial charge in [-0.3, -0.25) is 14.1 Å². The number of aromatic nitrogens is 5. The van der Waals surface area contributed by atoms with Crippen molar-refractivity contribution in [3.63, 3.8) is 0 Å². The standard InChI is InChI=1S/C19H15F3N6O2/c20-11-2-4-14-15(5-11)27(19(29)28(14)13-7-23-8-13)9-12-3-1-10(6-24-12)17-25-26-18(30-17)16(21)22/h1-6,13,16,23H,7-9H2. The number of rotatable bonds is 5. The van der Waals surface area contributed by atoms with E-state index in [9.17, 15) is 18.0 Å². The third-order valence-electron chi connectivity index (χ3n) is 5.07. The Hall–Kier alpha value is -3.47. The molecule has 0 aliphatic carbocycles. The van der Waals surface area contributed by atoms with Gasteiger partial charge in [0.05, 0.1) is 34.9 Å². The number of hydrogen-bond acceptors (Lipinski definition) is 6. The first kappa shape index (κ1) is 18.6. The van der Waals surface area contributed by atoms with Crippen molar-refractivity contribution in [3.8, 4) is 11.5 Å². The fraction of sp³-hybridized carbons (Fsp3) is 0.263. The molecule has 0 radical (unpaired) electrons. The molecule has 1 aliphatic rings. The van der Waals surface area contributed by atoms with Gasteiger partial charge >= 0.3 is 12.1 Å². The second kappa shape index (κ2) is 7.10. The summed E-state index contributed by atoms with van der Waals surface area (Å²) >= 11 is 0. The van der Waals surface area contributed by atoms with E-state index in [1.165, 1.54) is 22.9 Å². The summed E-state index contributed by atoms with van der Waals surface area (Å²) in [6.07, 6.45) is -1.45. The van der Waals surface area contributed by atoms with Crippen LogP contribution in [-0.2, 0) is 6.54 Å². The molecule has 1 aromatic carbocycles. The summed E-state index contributed by atoms with van der Waals surface area (Å²) in [7, 11) is 0. The summed E-state index contributed by atoms with van der Waals surface area (Å²) in [6, 6.07) is 7.50. The van der Waals surface area contributed by atoms with Gasteiger partial charge in [0.1, 0.15) is 5.82 Å². The second-order valence-electron chi connectivity index (χ2n) is 6.97. The minimum atomic E-state index is -2.85. The van der Waals surface area contributed by atoms with Gasteiger partial charge < -0.3 is 9.73 Å². The number of nitrogens with one attached hydrogen (secondary N) is 1. The molecule has 0 saturated carbocycles. The molecule has 0 spiro atoms. The van der Waals surface area contributed by atoms with Crippen molar-refractivity contribution in [3.05, 3.63) is 64.4 Å². The average molecular weight is 416 g/mol. The number of fused-ring (bicyclic) bond motifs is 1. The second-order valence-corrected chi connectivity index (χ2v) is 6.97. The summed E-state index contributed by atoms with van der Waals surface area (Å²) in [4.78, 5) is 17.3. The number of imidazole rings is 1. The van der Waals surface area contributed by atoms with Crippen molar-refractivity contribution in [1.82, 2.24) is 29.6 Å². The van der Waals surface area contributed by atoms with E-state index < -0.39 is 18.1 Å².